The van der Waals surface area contributed by atoms with Crippen LogP contribution in [0.2, 0.25) is 0 Å². The van der Waals surface area contributed by atoms with Crippen LogP contribution in [0.4, 0.5) is 0 Å². The number of hydrogen-bond acceptors (Lipinski definition) is 6. The average Bonchev–Trinajstić information content (AvgIpc) is 2.94. The van der Waals surface area contributed by atoms with Crippen LogP contribution in [0.15, 0.2) is 10.8 Å². The van der Waals surface area contributed by atoms with Crippen molar-refractivity contribution in [3.05, 3.63) is 32.2 Å². The molecule has 0 radical (unpaired) electrons. The average molecular weight is 341 g/mol. The van der Waals surface area contributed by atoms with Crippen molar-refractivity contribution < 1.29 is 4.79 Å². The summed E-state index contributed by atoms with van der Waals surface area (Å²) in [5.41, 5.74) is 6.83. The fraction of sp³-hybridized carbons (Fsp3) is 0.300. The quantitative estimate of drug-likeness (QED) is 0.893. The lowest BCUT2D eigenvalue weighted by molar-refractivity contribution is 0.0946. The van der Waals surface area contributed by atoms with Crippen LogP contribution in [0.25, 0.3) is 0 Å². The molecule has 106 valence electrons. The molecule has 2 rings (SSSR count). The van der Waals surface area contributed by atoms with Gasteiger partial charge in [0, 0.05) is 23.0 Å². The Morgan fingerprint density at radius 1 is 1.26 bits per heavy atom. The molecule has 5 nitrogen and oxygen atoms in total. The summed E-state index contributed by atoms with van der Waals surface area (Å²) in [6.45, 7) is 2.73. The number of amides is 1. The molecule has 1 amide bonds. The minimum absolute atomic E-state index is 0. The molecule has 0 spiro atoms. The van der Waals surface area contributed by atoms with Crippen LogP contribution in [0, 0.1) is 6.92 Å². The second kappa shape index (κ2) is 8.44. The highest BCUT2D eigenvalue weighted by Gasteiger charge is 2.10. The van der Waals surface area contributed by atoms with Crippen molar-refractivity contribution in [3.8, 4) is 0 Å². The highest BCUT2D eigenvalue weighted by Crippen LogP contribution is 2.10. The number of aryl methyl sites for hydroxylation is 1. The molecule has 3 N–H and O–H groups in total. The molecule has 0 aliphatic rings. The number of hydrogen-bond donors (Lipinski definition) is 2. The summed E-state index contributed by atoms with van der Waals surface area (Å²) in [5.74, 6) is -0.186. The number of nitrogens with zero attached hydrogens (tertiary/aromatic N) is 2. The lowest BCUT2D eigenvalue weighted by Gasteiger charge is -1.99. The molecule has 0 saturated heterocycles. The minimum atomic E-state index is -0.186. The van der Waals surface area contributed by atoms with Gasteiger partial charge in [0.1, 0.15) is 15.7 Å². The SMILES string of the molecule is Cc1csc(CNC(=O)c2csc(CN)n2)n1.Cl.Cl. The standard InChI is InChI=1S/C10H12N4OS2.2ClH/c1-6-4-16-9(13-6)3-12-10(15)7-5-17-8(2-11)14-7;;/h4-5H,2-3,11H2,1H3,(H,12,15);2*1H. The summed E-state index contributed by atoms with van der Waals surface area (Å²) >= 11 is 2.93. The molecule has 2 heterocycles. The highest BCUT2D eigenvalue weighted by atomic mass is 35.5. The maximum atomic E-state index is 11.7. The molecule has 0 aromatic carbocycles. The van der Waals surface area contributed by atoms with Crippen molar-refractivity contribution in [1.29, 1.82) is 0 Å². The molecule has 0 bridgehead atoms. The second-order valence-electron chi connectivity index (χ2n) is 3.40. The fourth-order valence-corrected chi connectivity index (χ4v) is 2.61. The van der Waals surface area contributed by atoms with Crippen molar-refractivity contribution in [2.45, 2.75) is 20.0 Å². The summed E-state index contributed by atoms with van der Waals surface area (Å²) in [7, 11) is 0. The summed E-state index contributed by atoms with van der Waals surface area (Å²) in [5, 5.41) is 8.10. The van der Waals surface area contributed by atoms with Crippen LogP contribution in [0.5, 0.6) is 0 Å². The van der Waals surface area contributed by atoms with E-state index in [4.69, 9.17) is 5.73 Å². The first-order chi connectivity index (χ1) is 8.19. The first-order valence-electron chi connectivity index (χ1n) is 5.02. The summed E-state index contributed by atoms with van der Waals surface area (Å²) in [4.78, 5) is 20.1. The van der Waals surface area contributed by atoms with Crippen LogP contribution < -0.4 is 11.1 Å². The van der Waals surface area contributed by atoms with Gasteiger partial charge in [-0.2, -0.15) is 0 Å². The van der Waals surface area contributed by atoms with E-state index in [1.165, 1.54) is 22.7 Å². The highest BCUT2D eigenvalue weighted by molar-refractivity contribution is 7.10. The molecule has 0 aliphatic carbocycles. The third kappa shape index (κ3) is 5.04. The van der Waals surface area contributed by atoms with Crippen LogP contribution in [-0.4, -0.2) is 15.9 Å². The molecular formula is C10H14Cl2N4OS2. The van der Waals surface area contributed by atoms with Gasteiger partial charge in [-0.25, -0.2) is 9.97 Å². The molecule has 0 fully saturated rings. The third-order valence-electron chi connectivity index (χ3n) is 2.03. The molecule has 9 heteroatoms. The molecule has 0 aliphatic heterocycles. The molecule has 19 heavy (non-hydrogen) atoms. The Kier molecular flexibility index (Phi) is 8.12. The lowest BCUT2D eigenvalue weighted by Crippen LogP contribution is -2.23. The molecule has 0 saturated carbocycles. The Labute approximate surface area is 131 Å². The zero-order valence-corrected chi connectivity index (χ0v) is 13.3. The predicted molar refractivity (Wildman–Crippen MR) is 82.5 cm³/mol. The first-order valence-corrected chi connectivity index (χ1v) is 6.78. The van der Waals surface area contributed by atoms with Gasteiger partial charge in [0.15, 0.2) is 0 Å². The van der Waals surface area contributed by atoms with Crippen molar-refractivity contribution >= 4 is 53.4 Å². The first kappa shape index (κ1) is 18.3. The van der Waals surface area contributed by atoms with Crippen LogP contribution in [0.3, 0.4) is 0 Å². The summed E-state index contributed by atoms with van der Waals surface area (Å²) < 4.78 is 0. The Balaban J connectivity index is 0.00000162. The smallest absolute Gasteiger partial charge is 0.271 e. The van der Waals surface area contributed by atoms with E-state index >= 15 is 0 Å². The van der Waals surface area contributed by atoms with Crippen LogP contribution >= 0.6 is 47.5 Å². The van der Waals surface area contributed by atoms with Gasteiger partial charge in [-0.3, -0.25) is 4.79 Å². The number of carbonyl (C=O) groups is 1. The van der Waals surface area contributed by atoms with Gasteiger partial charge in [0.2, 0.25) is 0 Å². The van der Waals surface area contributed by atoms with Crippen molar-refractivity contribution in [2.24, 2.45) is 5.73 Å². The maximum Gasteiger partial charge on any atom is 0.271 e. The number of nitrogens with two attached hydrogens (primary N) is 1. The van der Waals surface area contributed by atoms with Gasteiger partial charge < -0.3 is 11.1 Å². The number of halogens is 2. The van der Waals surface area contributed by atoms with E-state index < -0.39 is 0 Å². The van der Waals surface area contributed by atoms with Gasteiger partial charge >= 0.3 is 0 Å². The number of rotatable bonds is 4. The van der Waals surface area contributed by atoms with E-state index in [1.807, 2.05) is 12.3 Å². The molecular weight excluding hydrogens is 327 g/mol. The lowest BCUT2D eigenvalue weighted by atomic mass is 10.4. The molecule has 0 atom stereocenters. The van der Waals surface area contributed by atoms with Crippen LogP contribution in [0.1, 0.15) is 26.2 Å². The Morgan fingerprint density at radius 2 is 1.95 bits per heavy atom. The van der Waals surface area contributed by atoms with Crippen LogP contribution in [-0.2, 0) is 13.1 Å². The van der Waals surface area contributed by atoms with Gasteiger partial charge in [-0.1, -0.05) is 0 Å². The number of nitrogens with one attached hydrogen (secondary N) is 1. The Bertz CT molecular complexity index is 529. The zero-order chi connectivity index (χ0) is 12.3. The van der Waals surface area contributed by atoms with Gasteiger partial charge in [0.05, 0.1) is 6.54 Å². The summed E-state index contributed by atoms with van der Waals surface area (Å²) in [6.07, 6.45) is 0. The molecule has 2 aromatic heterocycles. The van der Waals surface area contributed by atoms with E-state index in [-0.39, 0.29) is 30.7 Å². The number of carbonyl (C=O) groups excluding carboxylic acids is 1. The fourth-order valence-electron chi connectivity index (χ4n) is 1.24. The van der Waals surface area contributed by atoms with Crippen molar-refractivity contribution in [2.75, 3.05) is 0 Å². The van der Waals surface area contributed by atoms with E-state index in [2.05, 4.69) is 15.3 Å². The predicted octanol–water partition coefficient (Wildman–Crippen LogP) is 2.14. The third-order valence-corrected chi connectivity index (χ3v) is 3.86. The van der Waals surface area contributed by atoms with E-state index in [9.17, 15) is 4.79 Å². The number of aromatic nitrogens is 2. The van der Waals surface area contributed by atoms with Gasteiger partial charge in [-0.15, -0.1) is 47.5 Å². The maximum absolute atomic E-state index is 11.7. The van der Waals surface area contributed by atoms with Gasteiger partial charge in [0.25, 0.3) is 5.91 Å². The molecule has 2 aromatic rings. The molecule has 0 unspecified atom stereocenters. The second-order valence-corrected chi connectivity index (χ2v) is 5.28. The van der Waals surface area contributed by atoms with Gasteiger partial charge in [-0.05, 0) is 6.92 Å². The summed E-state index contributed by atoms with van der Waals surface area (Å²) in [6, 6.07) is 0. The Hall–Kier alpha value is -0.730. The largest absolute Gasteiger partial charge is 0.344 e. The number of thiazole rings is 2. The van der Waals surface area contributed by atoms with E-state index in [0.717, 1.165) is 15.7 Å². The normalized spacial score (nSPS) is 9.37. The van der Waals surface area contributed by atoms with Crippen molar-refractivity contribution in [1.82, 2.24) is 15.3 Å². The van der Waals surface area contributed by atoms with Crippen molar-refractivity contribution in [3.63, 3.8) is 0 Å². The topological polar surface area (TPSA) is 80.9 Å². The Morgan fingerprint density at radius 3 is 2.47 bits per heavy atom. The van der Waals surface area contributed by atoms with E-state index in [1.54, 1.807) is 5.38 Å². The minimum Gasteiger partial charge on any atom is -0.344 e. The monoisotopic (exact) mass is 340 g/mol. The van der Waals surface area contributed by atoms with E-state index in [0.29, 0.717) is 18.8 Å². The zero-order valence-electron chi connectivity index (χ0n) is 10.1.